The van der Waals surface area contributed by atoms with Crippen LogP contribution in [0.25, 0.3) is 0 Å². The number of nitrogens with one attached hydrogen (secondary N) is 1. The van der Waals surface area contributed by atoms with Crippen molar-refractivity contribution >= 4 is 29.7 Å². The van der Waals surface area contributed by atoms with Crippen LogP contribution in [-0.4, -0.2) is 98.1 Å². The average Bonchev–Trinajstić information content (AvgIpc) is 3.51. The van der Waals surface area contributed by atoms with Crippen molar-refractivity contribution in [1.82, 2.24) is 15.1 Å². The number of esters is 3. The molecule has 0 aliphatic heterocycles. The van der Waals surface area contributed by atoms with E-state index in [0.717, 1.165) is 167 Å². The quantitative estimate of drug-likeness (QED) is 0.0359. The van der Waals surface area contributed by atoms with E-state index in [9.17, 15) is 24.0 Å². The number of rotatable bonds is 63. The predicted octanol–water partition coefficient (Wildman–Crippen LogP) is 19.2. The van der Waals surface area contributed by atoms with Crippen molar-refractivity contribution in [2.45, 2.75) is 357 Å². The first-order valence-electron chi connectivity index (χ1n) is 35.8. The van der Waals surface area contributed by atoms with Gasteiger partial charge in [0.1, 0.15) is 6.04 Å². The van der Waals surface area contributed by atoms with Crippen LogP contribution in [-0.2, 0) is 38.2 Å². The van der Waals surface area contributed by atoms with Crippen LogP contribution in [0.4, 0.5) is 0 Å². The fourth-order valence-electron chi connectivity index (χ4n) is 11.5. The molecule has 0 saturated heterocycles. The van der Waals surface area contributed by atoms with Gasteiger partial charge in [-0.3, -0.25) is 24.0 Å². The van der Waals surface area contributed by atoms with Crippen LogP contribution in [0.3, 0.4) is 0 Å². The third kappa shape index (κ3) is 48.5. The van der Waals surface area contributed by atoms with Crippen LogP contribution in [0.5, 0.6) is 0 Å². The monoisotopic (exact) mass is 1160 g/mol. The second kappa shape index (κ2) is 60.0. The average molecular weight is 1160 g/mol. The number of carbonyl (C=O) groups excluding carboxylic acids is 5. The van der Waals surface area contributed by atoms with E-state index >= 15 is 0 Å². The van der Waals surface area contributed by atoms with Crippen molar-refractivity contribution < 1.29 is 38.2 Å². The van der Waals surface area contributed by atoms with Crippen molar-refractivity contribution in [1.29, 1.82) is 0 Å². The van der Waals surface area contributed by atoms with Gasteiger partial charge in [-0.2, -0.15) is 0 Å². The van der Waals surface area contributed by atoms with Gasteiger partial charge in [-0.25, -0.2) is 0 Å². The van der Waals surface area contributed by atoms with Gasteiger partial charge in [0.2, 0.25) is 11.8 Å². The van der Waals surface area contributed by atoms with E-state index < -0.39 is 6.04 Å². The van der Waals surface area contributed by atoms with E-state index in [0.29, 0.717) is 82.8 Å². The lowest BCUT2D eigenvalue weighted by atomic mass is 9.96. The Labute approximate surface area is 508 Å². The van der Waals surface area contributed by atoms with Crippen LogP contribution >= 0.6 is 0 Å². The van der Waals surface area contributed by atoms with E-state index in [-0.39, 0.29) is 29.7 Å². The van der Waals surface area contributed by atoms with Crippen molar-refractivity contribution in [3.05, 3.63) is 0 Å². The number of amides is 2. The Balaban J connectivity index is 5.50. The molecular weight excluding hydrogens is 1020 g/mol. The Morgan fingerprint density at radius 3 is 1.02 bits per heavy atom. The van der Waals surface area contributed by atoms with Crippen LogP contribution in [0.2, 0.25) is 0 Å². The molecule has 0 radical (unpaired) electrons. The van der Waals surface area contributed by atoms with Crippen LogP contribution in [0.1, 0.15) is 351 Å². The van der Waals surface area contributed by atoms with E-state index in [1.807, 2.05) is 4.90 Å². The number of nitrogens with zero attached hydrogens (tertiary/aromatic N) is 2. The molecule has 0 heterocycles. The van der Waals surface area contributed by atoms with Gasteiger partial charge in [0, 0.05) is 38.8 Å². The third-order valence-electron chi connectivity index (χ3n) is 17.2. The molecular formula is C71H137N3O8. The Morgan fingerprint density at radius 1 is 0.329 bits per heavy atom. The minimum Gasteiger partial charge on any atom is -0.465 e. The second-order valence-corrected chi connectivity index (χ2v) is 24.8. The van der Waals surface area contributed by atoms with Gasteiger partial charge in [-0.15, -0.1) is 0 Å². The number of carbonyl (C=O) groups is 5. The first-order chi connectivity index (χ1) is 40.0. The third-order valence-corrected chi connectivity index (χ3v) is 17.2. The lowest BCUT2D eigenvalue weighted by Gasteiger charge is -2.32. The predicted molar refractivity (Wildman–Crippen MR) is 346 cm³/mol. The largest absolute Gasteiger partial charge is 0.465 e. The van der Waals surface area contributed by atoms with Crippen molar-refractivity contribution in [2.24, 2.45) is 17.8 Å². The smallest absolute Gasteiger partial charge is 0.305 e. The second-order valence-electron chi connectivity index (χ2n) is 24.8. The molecule has 0 aromatic heterocycles. The summed E-state index contributed by atoms with van der Waals surface area (Å²) in [4.78, 5) is 71.1. The molecule has 484 valence electrons. The maximum atomic E-state index is 14.3. The topological polar surface area (TPSA) is 132 Å². The van der Waals surface area contributed by atoms with Gasteiger partial charge in [-0.05, 0) is 121 Å². The van der Waals surface area contributed by atoms with Crippen LogP contribution < -0.4 is 5.32 Å². The summed E-state index contributed by atoms with van der Waals surface area (Å²) in [6.45, 7) is 23.3. The fourth-order valence-corrected chi connectivity index (χ4v) is 11.5. The molecule has 0 bridgehead atoms. The van der Waals surface area contributed by atoms with Crippen LogP contribution in [0, 0.1) is 17.8 Å². The highest BCUT2D eigenvalue weighted by Crippen LogP contribution is 2.23. The molecule has 0 spiro atoms. The first kappa shape index (κ1) is 79.3. The minimum absolute atomic E-state index is 0.0435. The zero-order valence-electron chi connectivity index (χ0n) is 55.7. The number of hydrogen-bond donors (Lipinski definition) is 1. The Kier molecular flexibility index (Phi) is 58.0. The van der Waals surface area contributed by atoms with E-state index in [2.05, 4.69) is 65.6 Å². The van der Waals surface area contributed by atoms with Gasteiger partial charge in [0.05, 0.1) is 19.8 Å². The molecule has 11 nitrogen and oxygen atoms in total. The summed E-state index contributed by atoms with van der Waals surface area (Å²) >= 11 is 0. The highest BCUT2D eigenvalue weighted by molar-refractivity contribution is 5.87. The molecule has 0 aliphatic carbocycles. The summed E-state index contributed by atoms with van der Waals surface area (Å²) in [5.41, 5.74) is 0. The summed E-state index contributed by atoms with van der Waals surface area (Å²) in [5, 5.41) is 3.27. The normalized spacial score (nSPS) is 13.0. The molecule has 0 aromatic rings. The van der Waals surface area contributed by atoms with Gasteiger partial charge in [-0.1, -0.05) is 242 Å². The SMILES string of the molecule is CCCCCCC(CCCC)COC(=O)CCCCCCCCC(C(=O)NCCCCCCCC(=O)OCC(CCCC)CCCCCC)N(CCCN(CC)CC)C(=O)CCCCCCCC(=O)OCC(CCCC)CCCCCC. The Bertz CT molecular complexity index is 1460. The maximum Gasteiger partial charge on any atom is 0.305 e. The molecule has 2 amide bonds. The zero-order chi connectivity index (χ0) is 60.4. The highest BCUT2D eigenvalue weighted by atomic mass is 16.5. The van der Waals surface area contributed by atoms with Crippen LogP contribution in [0.15, 0.2) is 0 Å². The lowest BCUT2D eigenvalue weighted by Crippen LogP contribution is -2.50. The number of ether oxygens (including phenoxy) is 3. The Hall–Kier alpha value is -2.69. The van der Waals surface area contributed by atoms with E-state index in [1.54, 1.807) is 0 Å². The molecule has 0 rings (SSSR count). The summed E-state index contributed by atoms with van der Waals surface area (Å²) in [6, 6.07) is -0.514. The van der Waals surface area contributed by atoms with Gasteiger partial charge in [0.25, 0.3) is 0 Å². The summed E-state index contributed by atoms with van der Waals surface area (Å²) in [7, 11) is 0. The summed E-state index contributed by atoms with van der Waals surface area (Å²) in [6.07, 6.45) is 46.9. The first-order valence-corrected chi connectivity index (χ1v) is 35.8. The van der Waals surface area contributed by atoms with Crippen molar-refractivity contribution in [3.63, 3.8) is 0 Å². The molecule has 11 heteroatoms. The molecule has 0 fully saturated rings. The molecule has 4 atom stereocenters. The molecule has 1 N–H and O–H groups in total. The lowest BCUT2D eigenvalue weighted by molar-refractivity contribution is -0.146. The number of unbranched alkanes of at least 4 members (excludes halogenated alkanes) is 25. The summed E-state index contributed by atoms with van der Waals surface area (Å²) in [5.74, 6) is 1.24. The molecule has 0 aliphatic rings. The Morgan fingerprint density at radius 2 is 0.646 bits per heavy atom. The molecule has 82 heavy (non-hydrogen) atoms. The van der Waals surface area contributed by atoms with E-state index in [4.69, 9.17) is 14.2 Å². The molecule has 0 saturated carbocycles. The molecule has 4 unspecified atom stereocenters. The minimum atomic E-state index is -0.514. The fraction of sp³-hybridized carbons (Fsp3) is 0.930. The van der Waals surface area contributed by atoms with Crippen molar-refractivity contribution in [3.8, 4) is 0 Å². The molecule has 0 aromatic carbocycles. The number of hydrogen-bond acceptors (Lipinski definition) is 9. The van der Waals surface area contributed by atoms with E-state index in [1.165, 1.54) is 116 Å². The van der Waals surface area contributed by atoms with Crippen molar-refractivity contribution in [2.75, 3.05) is 52.5 Å². The highest BCUT2D eigenvalue weighted by Gasteiger charge is 2.29. The zero-order valence-corrected chi connectivity index (χ0v) is 55.7. The summed E-state index contributed by atoms with van der Waals surface area (Å²) < 4.78 is 17.3. The maximum absolute atomic E-state index is 14.3. The van der Waals surface area contributed by atoms with Gasteiger partial charge >= 0.3 is 17.9 Å². The van der Waals surface area contributed by atoms with Gasteiger partial charge in [0.15, 0.2) is 0 Å². The van der Waals surface area contributed by atoms with Gasteiger partial charge < -0.3 is 29.3 Å². The standard InChI is InChI=1S/C71H137N3O8/c1-9-17-23-36-49-63(46-20-12-4)60-80-68(76)54-41-32-27-26-30-39-52-66(71(79)72-57-44-35-29-34-43-56-70(78)82-62-65(48-22-14-6)51-38-25-19-11-3)74(59-45-58-73(15-7)16-8)67(75)53-40-31-28-33-42-55-69(77)81-61-64(47-21-13-5)50-37-24-18-10-2/h63-66H,9-62H2,1-8H3,(H,72,79).